The smallest absolute Gasteiger partial charge is 0.269 e. The number of aryl methyl sites for hydroxylation is 1. The van der Waals surface area contributed by atoms with E-state index in [1.165, 1.54) is 10.2 Å². The molecule has 31 heavy (non-hydrogen) atoms. The van der Waals surface area contributed by atoms with Gasteiger partial charge in [-0.25, -0.2) is 4.68 Å². The maximum Gasteiger partial charge on any atom is 0.269 e. The van der Waals surface area contributed by atoms with Gasteiger partial charge in [-0.1, -0.05) is 60.2 Å². The minimum Gasteiger partial charge on any atom is -0.370 e. The van der Waals surface area contributed by atoms with Gasteiger partial charge in [0.25, 0.3) is 5.56 Å². The van der Waals surface area contributed by atoms with Gasteiger partial charge in [0.15, 0.2) is 0 Å². The van der Waals surface area contributed by atoms with Crippen molar-refractivity contribution in [2.75, 3.05) is 18.0 Å². The number of aromatic nitrogens is 2. The Morgan fingerprint density at radius 3 is 2.42 bits per heavy atom. The molecule has 1 saturated heterocycles. The predicted octanol–water partition coefficient (Wildman–Crippen LogP) is 3.13. The zero-order valence-corrected chi connectivity index (χ0v) is 17.8. The molecule has 6 nitrogen and oxygen atoms in total. The van der Waals surface area contributed by atoms with Crippen molar-refractivity contribution in [1.29, 1.82) is 0 Å². The quantitative estimate of drug-likeness (QED) is 0.670. The average Bonchev–Trinajstić information content (AvgIpc) is 2.80. The van der Waals surface area contributed by atoms with Gasteiger partial charge in [0.2, 0.25) is 5.91 Å². The van der Waals surface area contributed by atoms with E-state index in [4.69, 9.17) is 0 Å². The van der Waals surface area contributed by atoms with E-state index < -0.39 is 0 Å². The number of hydrogen-bond acceptors (Lipinski definition) is 4. The van der Waals surface area contributed by atoms with Gasteiger partial charge in [-0.15, -0.1) is 0 Å². The Labute approximate surface area is 182 Å². The van der Waals surface area contributed by atoms with Crippen LogP contribution in [0.4, 0.5) is 5.69 Å². The number of nitrogens with one attached hydrogen (secondary N) is 1. The fourth-order valence-corrected chi connectivity index (χ4v) is 3.91. The van der Waals surface area contributed by atoms with E-state index >= 15 is 0 Å². The molecule has 1 N–H and O–H groups in total. The van der Waals surface area contributed by atoms with Crippen molar-refractivity contribution in [3.05, 3.63) is 93.9 Å². The molecule has 160 valence electrons. The summed E-state index contributed by atoms with van der Waals surface area (Å²) in [7, 11) is 0. The van der Waals surface area contributed by atoms with E-state index in [2.05, 4.69) is 34.4 Å². The second-order valence-electron chi connectivity index (χ2n) is 8.16. The van der Waals surface area contributed by atoms with Gasteiger partial charge >= 0.3 is 0 Å². The van der Waals surface area contributed by atoms with Crippen molar-refractivity contribution in [3.63, 3.8) is 0 Å². The van der Waals surface area contributed by atoms with Crippen LogP contribution in [0.25, 0.3) is 0 Å². The first-order valence-electron chi connectivity index (χ1n) is 10.8. The van der Waals surface area contributed by atoms with Crippen molar-refractivity contribution in [2.24, 2.45) is 5.92 Å². The number of hydrogen-bond donors (Lipinski definition) is 1. The molecule has 2 aromatic carbocycles. The van der Waals surface area contributed by atoms with E-state index in [-0.39, 0.29) is 17.4 Å². The van der Waals surface area contributed by atoms with Crippen LogP contribution in [0.5, 0.6) is 0 Å². The molecule has 0 atom stereocenters. The van der Waals surface area contributed by atoms with E-state index in [0.717, 1.165) is 42.7 Å². The lowest BCUT2D eigenvalue weighted by Gasteiger charge is -2.32. The third-order valence-corrected chi connectivity index (χ3v) is 5.85. The number of amides is 1. The normalized spacial score (nSPS) is 14.4. The standard InChI is InChI=1S/C25H28N4O2/c1-19-7-9-20(10-8-19)16-26-25(31)22-11-13-28(14-12-22)23-15-24(30)29(27-17-23)18-21-5-3-2-4-6-21/h2-10,15,17,22H,11-14,16,18H2,1H3,(H,26,31). The van der Waals surface area contributed by atoms with Gasteiger partial charge in [0.05, 0.1) is 18.4 Å². The van der Waals surface area contributed by atoms with Crippen LogP contribution in [0, 0.1) is 12.8 Å². The highest BCUT2D eigenvalue weighted by atomic mass is 16.2. The molecule has 0 spiro atoms. The minimum absolute atomic E-state index is 0.00751. The summed E-state index contributed by atoms with van der Waals surface area (Å²) in [5, 5.41) is 7.41. The van der Waals surface area contributed by atoms with Gasteiger partial charge in [-0.2, -0.15) is 5.10 Å². The molecular weight excluding hydrogens is 388 g/mol. The van der Waals surface area contributed by atoms with E-state index in [9.17, 15) is 9.59 Å². The molecule has 1 aliphatic rings. The summed E-state index contributed by atoms with van der Waals surface area (Å²) in [6.45, 7) is 4.56. The maximum atomic E-state index is 12.6. The molecule has 2 heterocycles. The largest absolute Gasteiger partial charge is 0.370 e. The highest BCUT2D eigenvalue weighted by molar-refractivity contribution is 5.79. The summed E-state index contributed by atoms with van der Waals surface area (Å²) in [6.07, 6.45) is 3.29. The second kappa shape index (κ2) is 9.60. The molecule has 1 aliphatic heterocycles. The molecule has 1 amide bonds. The summed E-state index contributed by atoms with van der Waals surface area (Å²) in [6, 6.07) is 19.7. The lowest BCUT2D eigenvalue weighted by Crippen LogP contribution is -2.41. The van der Waals surface area contributed by atoms with Crippen LogP contribution in [0.3, 0.4) is 0 Å². The Bertz CT molecular complexity index is 1070. The van der Waals surface area contributed by atoms with E-state index in [1.807, 2.05) is 42.5 Å². The zero-order chi connectivity index (χ0) is 21.6. The summed E-state index contributed by atoms with van der Waals surface area (Å²) in [5.74, 6) is 0.115. The Balaban J connectivity index is 1.30. The number of carbonyl (C=O) groups excluding carboxylic acids is 1. The van der Waals surface area contributed by atoms with Crippen LogP contribution in [-0.2, 0) is 17.9 Å². The molecule has 0 unspecified atom stereocenters. The van der Waals surface area contributed by atoms with Crippen molar-refractivity contribution in [2.45, 2.75) is 32.9 Å². The van der Waals surface area contributed by atoms with Gasteiger partial charge in [-0.05, 0) is 30.9 Å². The monoisotopic (exact) mass is 416 g/mol. The van der Waals surface area contributed by atoms with Crippen molar-refractivity contribution >= 4 is 11.6 Å². The maximum absolute atomic E-state index is 12.6. The first-order valence-corrected chi connectivity index (χ1v) is 10.8. The number of nitrogens with zero attached hydrogens (tertiary/aromatic N) is 3. The number of piperidine rings is 1. The second-order valence-corrected chi connectivity index (χ2v) is 8.16. The predicted molar refractivity (Wildman–Crippen MR) is 122 cm³/mol. The molecule has 3 aromatic rings. The highest BCUT2D eigenvalue weighted by Crippen LogP contribution is 2.22. The van der Waals surface area contributed by atoms with Crippen LogP contribution < -0.4 is 15.8 Å². The van der Waals surface area contributed by atoms with Crippen molar-refractivity contribution < 1.29 is 4.79 Å². The minimum atomic E-state index is -0.112. The van der Waals surface area contributed by atoms with Crippen LogP contribution in [0.15, 0.2) is 71.7 Å². The average molecular weight is 417 g/mol. The fourth-order valence-electron chi connectivity index (χ4n) is 3.91. The van der Waals surface area contributed by atoms with Gasteiger partial charge in [0.1, 0.15) is 0 Å². The number of anilines is 1. The molecule has 0 radical (unpaired) electrons. The van der Waals surface area contributed by atoms with E-state index in [1.54, 1.807) is 12.3 Å². The molecule has 0 saturated carbocycles. The van der Waals surface area contributed by atoms with Crippen molar-refractivity contribution in [1.82, 2.24) is 15.1 Å². The van der Waals surface area contributed by atoms with Crippen LogP contribution in [0.2, 0.25) is 0 Å². The lowest BCUT2D eigenvalue weighted by atomic mass is 9.95. The molecule has 0 bridgehead atoms. The zero-order valence-electron chi connectivity index (χ0n) is 17.8. The van der Waals surface area contributed by atoms with Crippen molar-refractivity contribution in [3.8, 4) is 0 Å². The lowest BCUT2D eigenvalue weighted by molar-refractivity contribution is -0.125. The highest BCUT2D eigenvalue weighted by Gasteiger charge is 2.25. The Morgan fingerprint density at radius 2 is 1.74 bits per heavy atom. The molecule has 1 aromatic heterocycles. The molecule has 4 rings (SSSR count). The Kier molecular flexibility index (Phi) is 6.46. The summed E-state index contributed by atoms with van der Waals surface area (Å²) in [4.78, 5) is 27.2. The van der Waals surface area contributed by atoms with Crippen LogP contribution >= 0.6 is 0 Å². The molecule has 0 aliphatic carbocycles. The van der Waals surface area contributed by atoms with Gasteiger partial charge < -0.3 is 10.2 Å². The Morgan fingerprint density at radius 1 is 1.03 bits per heavy atom. The summed E-state index contributed by atoms with van der Waals surface area (Å²) < 4.78 is 1.48. The van der Waals surface area contributed by atoms with Crippen LogP contribution in [0.1, 0.15) is 29.5 Å². The topological polar surface area (TPSA) is 67.2 Å². The third-order valence-electron chi connectivity index (χ3n) is 5.85. The SMILES string of the molecule is Cc1ccc(CNC(=O)C2CCN(c3cnn(Cc4ccccc4)c(=O)c3)CC2)cc1. The van der Waals surface area contributed by atoms with Gasteiger partial charge in [0, 0.05) is 31.6 Å². The molecule has 1 fully saturated rings. The number of carbonyl (C=O) groups is 1. The summed E-state index contributed by atoms with van der Waals surface area (Å²) >= 11 is 0. The first kappa shape index (κ1) is 20.8. The number of rotatable bonds is 6. The third kappa shape index (κ3) is 5.40. The van der Waals surface area contributed by atoms with Gasteiger partial charge in [-0.3, -0.25) is 9.59 Å². The Hall–Kier alpha value is -3.41. The summed E-state index contributed by atoms with van der Waals surface area (Å²) in [5.41, 5.74) is 4.08. The molecular formula is C25H28N4O2. The fraction of sp³-hybridized carbons (Fsp3) is 0.320. The van der Waals surface area contributed by atoms with Crippen LogP contribution in [-0.4, -0.2) is 28.8 Å². The number of benzene rings is 2. The van der Waals surface area contributed by atoms with E-state index in [0.29, 0.717) is 13.1 Å². The first-order chi connectivity index (χ1) is 15.1. The molecule has 6 heteroatoms.